The summed E-state index contributed by atoms with van der Waals surface area (Å²) in [7, 11) is 1.51. The smallest absolute Gasteiger partial charge is 0.287 e. The Kier molecular flexibility index (Phi) is 6.30. The number of hydrogen-bond acceptors (Lipinski definition) is 7. The molecule has 0 aliphatic heterocycles. The maximum absolute atomic E-state index is 10.6. The lowest BCUT2D eigenvalue weighted by molar-refractivity contribution is -0.385. The fraction of sp³-hybridized carbons (Fsp3) is 0.125. The molecule has 0 radical (unpaired) electrons. The number of anilines is 1. The maximum Gasteiger partial charge on any atom is 0.287 e. The minimum absolute atomic E-state index is 0.0961. The number of methoxy groups -OCH3 is 1. The third kappa shape index (κ3) is 4.92. The van der Waals surface area contributed by atoms with Crippen LogP contribution in [0.15, 0.2) is 48.2 Å². The molecule has 0 aliphatic rings. The van der Waals surface area contributed by atoms with E-state index >= 15 is 0 Å². The summed E-state index contributed by atoms with van der Waals surface area (Å²) in [6.45, 7) is 3.88. The summed E-state index contributed by atoms with van der Waals surface area (Å²) < 4.78 is 10.7. The monoisotopic (exact) mass is 362 g/mol. The molecule has 1 aromatic carbocycles. The molecule has 8 nitrogen and oxygen atoms in total. The number of nitrogens with zero attached hydrogens (tertiary/aromatic N) is 3. The predicted molar refractivity (Wildman–Crippen MR) is 95.8 cm³/mol. The van der Waals surface area contributed by atoms with Gasteiger partial charge in [-0.05, 0) is 23.8 Å². The second-order valence-electron chi connectivity index (χ2n) is 4.66. The number of hydrazone groups is 1. The number of pyridine rings is 1. The van der Waals surface area contributed by atoms with Gasteiger partial charge < -0.3 is 9.47 Å². The van der Waals surface area contributed by atoms with Crippen LogP contribution in [0.25, 0.3) is 0 Å². The SMILES string of the molecule is C=CCOc1c(Cl)cc(/C=N\Nc2ccc([N+](=O)[O-])cn2)cc1OC. The van der Waals surface area contributed by atoms with Gasteiger partial charge in [0.15, 0.2) is 11.5 Å². The second-order valence-corrected chi connectivity index (χ2v) is 5.07. The predicted octanol–water partition coefficient (Wildman–Crippen LogP) is 3.66. The number of benzene rings is 1. The number of aromatic nitrogens is 1. The first-order chi connectivity index (χ1) is 12.0. The molecule has 1 N–H and O–H groups in total. The highest BCUT2D eigenvalue weighted by molar-refractivity contribution is 6.32. The Labute approximate surface area is 148 Å². The highest BCUT2D eigenvalue weighted by Gasteiger charge is 2.11. The molecule has 2 aromatic rings. The minimum atomic E-state index is -0.523. The molecule has 9 heteroatoms. The summed E-state index contributed by atoms with van der Waals surface area (Å²) in [5.74, 6) is 1.25. The van der Waals surface area contributed by atoms with Crippen molar-refractivity contribution in [1.29, 1.82) is 0 Å². The van der Waals surface area contributed by atoms with Gasteiger partial charge in [-0.15, -0.1) is 0 Å². The highest BCUT2D eigenvalue weighted by atomic mass is 35.5. The van der Waals surface area contributed by atoms with Gasteiger partial charge in [-0.3, -0.25) is 15.5 Å². The van der Waals surface area contributed by atoms with Crippen LogP contribution < -0.4 is 14.9 Å². The van der Waals surface area contributed by atoms with Gasteiger partial charge in [0.1, 0.15) is 18.6 Å². The molecule has 2 rings (SSSR count). The molecule has 1 heterocycles. The van der Waals surface area contributed by atoms with Crippen molar-refractivity contribution in [2.45, 2.75) is 0 Å². The van der Waals surface area contributed by atoms with E-state index in [-0.39, 0.29) is 5.69 Å². The first-order valence-electron chi connectivity index (χ1n) is 7.06. The van der Waals surface area contributed by atoms with Gasteiger partial charge in [0.25, 0.3) is 5.69 Å². The molecule has 0 fully saturated rings. The minimum Gasteiger partial charge on any atom is -0.493 e. The van der Waals surface area contributed by atoms with Crippen molar-refractivity contribution in [3.05, 3.63) is 63.8 Å². The van der Waals surface area contributed by atoms with Crippen LogP contribution in [-0.2, 0) is 0 Å². The second kappa shape index (κ2) is 8.65. The van der Waals surface area contributed by atoms with Crippen molar-refractivity contribution in [3.63, 3.8) is 0 Å². The van der Waals surface area contributed by atoms with Gasteiger partial charge in [0.05, 0.1) is 23.3 Å². The first kappa shape index (κ1) is 18.2. The van der Waals surface area contributed by atoms with Gasteiger partial charge in [0, 0.05) is 6.07 Å². The van der Waals surface area contributed by atoms with E-state index in [1.807, 2.05) is 0 Å². The molecular formula is C16H15ClN4O4. The summed E-state index contributed by atoms with van der Waals surface area (Å²) in [6.07, 6.45) is 4.25. The van der Waals surface area contributed by atoms with Gasteiger partial charge in [-0.2, -0.15) is 5.10 Å². The van der Waals surface area contributed by atoms with Crippen LogP contribution in [0.2, 0.25) is 5.02 Å². The average molecular weight is 363 g/mol. The molecule has 130 valence electrons. The molecule has 1 aromatic heterocycles. The fourth-order valence-electron chi connectivity index (χ4n) is 1.83. The van der Waals surface area contributed by atoms with Crippen LogP contribution in [0.4, 0.5) is 11.5 Å². The van der Waals surface area contributed by atoms with Crippen molar-refractivity contribution in [3.8, 4) is 11.5 Å². The molecule has 0 unspecified atom stereocenters. The third-order valence-corrected chi connectivity index (χ3v) is 3.23. The van der Waals surface area contributed by atoms with Crippen LogP contribution in [0.3, 0.4) is 0 Å². The lowest BCUT2D eigenvalue weighted by atomic mass is 10.2. The topological polar surface area (TPSA) is 98.9 Å². The molecule has 0 amide bonds. The zero-order valence-corrected chi connectivity index (χ0v) is 14.1. The maximum atomic E-state index is 10.6. The molecule has 0 atom stereocenters. The van der Waals surface area contributed by atoms with E-state index < -0.39 is 4.92 Å². The van der Waals surface area contributed by atoms with Crippen molar-refractivity contribution in [1.82, 2.24) is 4.98 Å². The average Bonchev–Trinajstić information content (AvgIpc) is 2.61. The van der Waals surface area contributed by atoms with E-state index in [0.29, 0.717) is 34.5 Å². The quantitative estimate of drug-likeness (QED) is 0.333. The Morgan fingerprint density at radius 1 is 1.48 bits per heavy atom. The number of halogens is 1. The summed E-state index contributed by atoms with van der Waals surface area (Å²) >= 11 is 6.19. The first-order valence-corrected chi connectivity index (χ1v) is 7.43. The van der Waals surface area contributed by atoms with Gasteiger partial charge in [-0.1, -0.05) is 24.3 Å². The standard InChI is InChI=1S/C16H15ClN4O4/c1-3-6-25-16-13(17)7-11(8-14(16)24-2)9-19-20-15-5-4-12(10-18-15)21(22)23/h3-5,7-10H,1,6H2,2H3,(H,18,20)/b19-9-. The molecule has 0 aliphatic carbocycles. The molecule has 0 spiro atoms. The molecule has 0 saturated heterocycles. The van der Waals surface area contributed by atoms with Crippen molar-refractivity contribution < 1.29 is 14.4 Å². The van der Waals surface area contributed by atoms with Gasteiger partial charge >= 0.3 is 0 Å². The van der Waals surface area contributed by atoms with Crippen LogP contribution in [0, 0.1) is 10.1 Å². The van der Waals surface area contributed by atoms with E-state index in [1.165, 1.54) is 25.5 Å². The van der Waals surface area contributed by atoms with Crippen LogP contribution in [0.1, 0.15) is 5.56 Å². The summed E-state index contributed by atoms with van der Waals surface area (Å²) in [4.78, 5) is 13.9. The Morgan fingerprint density at radius 2 is 2.28 bits per heavy atom. The number of rotatable bonds is 8. The lowest BCUT2D eigenvalue weighted by Gasteiger charge is -2.11. The van der Waals surface area contributed by atoms with Crippen LogP contribution >= 0.6 is 11.6 Å². The van der Waals surface area contributed by atoms with Crippen LogP contribution in [0.5, 0.6) is 11.5 Å². The van der Waals surface area contributed by atoms with Crippen molar-refractivity contribution in [2.24, 2.45) is 5.10 Å². The molecule has 0 saturated carbocycles. The summed E-state index contributed by atoms with van der Waals surface area (Å²) in [5, 5.41) is 15.0. The van der Waals surface area contributed by atoms with E-state index in [4.69, 9.17) is 21.1 Å². The number of ether oxygens (including phenoxy) is 2. The van der Waals surface area contributed by atoms with Crippen molar-refractivity contribution >= 4 is 29.3 Å². The van der Waals surface area contributed by atoms with E-state index in [2.05, 4.69) is 22.1 Å². The van der Waals surface area contributed by atoms with Gasteiger partial charge in [0.2, 0.25) is 0 Å². The number of nitrogens with one attached hydrogen (secondary N) is 1. The summed E-state index contributed by atoms with van der Waals surface area (Å²) in [6, 6.07) is 6.15. The zero-order chi connectivity index (χ0) is 18.2. The largest absolute Gasteiger partial charge is 0.493 e. The van der Waals surface area contributed by atoms with Gasteiger partial charge in [-0.25, -0.2) is 4.98 Å². The van der Waals surface area contributed by atoms with E-state index in [9.17, 15) is 10.1 Å². The molecule has 25 heavy (non-hydrogen) atoms. The number of nitro groups is 1. The molecular weight excluding hydrogens is 348 g/mol. The Bertz CT molecular complexity index is 793. The van der Waals surface area contributed by atoms with E-state index in [1.54, 1.807) is 18.2 Å². The van der Waals surface area contributed by atoms with E-state index in [0.717, 1.165) is 6.20 Å². The normalized spacial score (nSPS) is 10.5. The third-order valence-electron chi connectivity index (χ3n) is 2.95. The zero-order valence-electron chi connectivity index (χ0n) is 13.3. The van der Waals surface area contributed by atoms with Crippen LogP contribution in [-0.4, -0.2) is 29.8 Å². The molecule has 0 bridgehead atoms. The lowest BCUT2D eigenvalue weighted by Crippen LogP contribution is -1.99. The highest BCUT2D eigenvalue weighted by Crippen LogP contribution is 2.36. The van der Waals surface area contributed by atoms with Crippen molar-refractivity contribution in [2.75, 3.05) is 19.1 Å². The Morgan fingerprint density at radius 3 is 2.88 bits per heavy atom. The Hall–Kier alpha value is -3.13. The fourth-order valence-corrected chi connectivity index (χ4v) is 2.10. The summed E-state index contributed by atoms with van der Waals surface area (Å²) in [5.41, 5.74) is 3.25. The number of hydrogen-bond donors (Lipinski definition) is 1. The Balaban J connectivity index is 2.11.